The molecule has 0 aliphatic heterocycles. The molecule has 2 rings (SSSR count). The van der Waals surface area contributed by atoms with Gasteiger partial charge in [0.05, 0.1) is 5.60 Å². The van der Waals surface area contributed by atoms with Gasteiger partial charge in [-0.25, -0.2) is 4.39 Å². The fourth-order valence-electron chi connectivity index (χ4n) is 2.04. The van der Waals surface area contributed by atoms with Crippen LogP contribution in [0.25, 0.3) is 0 Å². The van der Waals surface area contributed by atoms with Crippen LogP contribution in [0.2, 0.25) is 10.0 Å². The highest BCUT2D eigenvalue weighted by Crippen LogP contribution is 2.32. The minimum absolute atomic E-state index is 0.100. The van der Waals surface area contributed by atoms with Crippen molar-refractivity contribution in [3.63, 3.8) is 0 Å². The molecule has 1 atom stereocenters. The molecule has 0 saturated carbocycles. The Labute approximate surface area is 121 Å². The Bertz CT molecular complexity index is 596. The molecule has 0 heterocycles. The lowest BCUT2D eigenvalue weighted by molar-refractivity contribution is 0.0568. The van der Waals surface area contributed by atoms with Gasteiger partial charge < -0.3 is 5.11 Å². The molecule has 2 aromatic rings. The van der Waals surface area contributed by atoms with Gasteiger partial charge >= 0.3 is 0 Å². The third-order valence-electron chi connectivity index (χ3n) is 3.00. The molecule has 1 unspecified atom stereocenters. The summed E-state index contributed by atoms with van der Waals surface area (Å²) in [5.74, 6) is -0.392. The highest BCUT2D eigenvalue weighted by molar-refractivity contribution is 6.31. The molecule has 0 aromatic heterocycles. The monoisotopic (exact) mass is 298 g/mol. The number of benzene rings is 2. The van der Waals surface area contributed by atoms with Crippen LogP contribution < -0.4 is 0 Å². The van der Waals surface area contributed by atoms with Gasteiger partial charge in [0.1, 0.15) is 5.82 Å². The van der Waals surface area contributed by atoms with E-state index in [0.29, 0.717) is 21.2 Å². The van der Waals surface area contributed by atoms with Crippen LogP contribution in [0.15, 0.2) is 42.5 Å². The molecular weight excluding hydrogens is 286 g/mol. The molecule has 0 saturated heterocycles. The van der Waals surface area contributed by atoms with Crippen LogP contribution in [0.4, 0.5) is 4.39 Å². The van der Waals surface area contributed by atoms with Crippen LogP contribution in [-0.2, 0) is 12.0 Å². The second-order valence-corrected chi connectivity index (χ2v) is 5.51. The zero-order valence-electron chi connectivity index (χ0n) is 10.3. The summed E-state index contributed by atoms with van der Waals surface area (Å²) in [4.78, 5) is 0. The van der Waals surface area contributed by atoms with Gasteiger partial charge in [0, 0.05) is 22.0 Å². The summed E-state index contributed by atoms with van der Waals surface area (Å²) in [6.45, 7) is 1.61. The fraction of sp³-hybridized carbons (Fsp3) is 0.200. The van der Waals surface area contributed by atoms with Crippen molar-refractivity contribution in [2.45, 2.75) is 18.9 Å². The highest BCUT2D eigenvalue weighted by Gasteiger charge is 2.27. The lowest BCUT2D eigenvalue weighted by Crippen LogP contribution is -2.25. The van der Waals surface area contributed by atoms with E-state index in [4.69, 9.17) is 23.2 Å². The number of aliphatic hydroxyl groups is 1. The molecule has 1 N–H and O–H groups in total. The molecule has 0 radical (unpaired) electrons. The summed E-state index contributed by atoms with van der Waals surface area (Å²) >= 11 is 11.9. The predicted octanol–water partition coefficient (Wildman–Crippen LogP) is 4.58. The Morgan fingerprint density at radius 2 is 1.84 bits per heavy atom. The maximum absolute atomic E-state index is 13.7. The van der Waals surface area contributed by atoms with Gasteiger partial charge in [-0.3, -0.25) is 0 Å². The molecule has 0 aliphatic carbocycles. The molecule has 4 heteroatoms. The highest BCUT2D eigenvalue weighted by atomic mass is 35.5. The maximum atomic E-state index is 13.7. The van der Waals surface area contributed by atoms with Crippen molar-refractivity contribution in [3.8, 4) is 0 Å². The van der Waals surface area contributed by atoms with Gasteiger partial charge in [0.25, 0.3) is 0 Å². The molecule has 19 heavy (non-hydrogen) atoms. The summed E-state index contributed by atoms with van der Waals surface area (Å²) in [5, 5.41) is 11.4. The van der Waals surface area contributed by atoms with Crippen LogP contribution in [0, 0.1) is 5.82 Å². The van der Waals surface area contributed by atoms with Crippen molar-refractivity contribution in [3.05, 3.63) is 69.5 Å². The van der Waals surface area contributed by atoms with Crippen molar-refractivity contribution in [2.24, 2.45) is 0 Å². The SMILES string of the molecule is CC(O)(Cc1cc(Cl)ccc1F)c1ccccc1Cl. The van der Waals surface area contributed by atoms with Crippen LogP contribution in [-0.4, -0.2) is 5.11 Å². The van der Waals surface area contributed by atoms with Gasteiger partial charge in [-0.2, -0.15) is 0 Å². The van der Waals surface area contributed by atoms with Crippen molar-refractivity contribution in [1.82, 2.24) is 0 Å². The van der Waals surface area contributed by atoms with Gasteiger partial charge in [-0.1, -0.05) is 41.4 Å². The van der Waals surface area contributed by atoms with Gasteiger partial charge in [-0.15, -0.1) is 0 Å². The molecule has 0 aliphatic rings. The molecular formula is C15H13Cl2FO. The lowest BCUT2D eigenvalue weighted by Gasteiger charge is -2.25. The van der Waals surface area contributed by atoms with Gasteiger partial charge in [-0.05, 0) is 36.8 Å². The van der Waals surface area contributed by atoms with E-state index in [-0.39, 0.29) is 6.42 Å². The Morgan fingerprint density at radius 1 is 1.16 bits per heavy atom. The van der Waals surface area contributed by atoms with E-state index in [1.807, 2.05) is 0 Å². The first kappa shape index (κ1) is 14.3. The standard InChI is InChI=1S/C15H13Cl2FO/c1-15(19,12-4-2-3-5-13(12)17)9-10-8-11(16)6-7-14(10)18/h2-8,19H,9H2,1H3. The van der Waals surface area contributed by atoms with Crippen molar-refractivity contribution in [1.29, 1.82) is 0 Å². The summed E-state index contributed by atoms with van der Waals surface area (Å²) < 4.78 is 13.7. The number of rotatable bonds is 3. The third kappa shape index (κ3) is 3.27. The van der Waals surface area contributed by atoms with Crippen LogP contribution >= 0.6 is 23.2 Å². The fourth-order valence-corrected chi connectivity index (χ4v) is 2.58. The van der Waals surface area contributed by atoms with E-state index >= 15 is 0 Å². The molecule has 0 fully saturated rings. The average molecular weight is 299 g/mol. The van der Waals surface area contributed by atoms with E-state index in [1.165, 1.54) is 18.2 Å². The van der Waals surface area contributed by atoms with Crippen molar-refractivity contribution in [2.75, 3.05) is 0 Å². The largest absolute Gasteiger partial charge is 0.385 e. The van der Waals surface area contributed by atoms with Gasteiger partial charge in [0.2, 0.25) is 0 Å². The third-order valence-corrected chi connectivity index (χ3v) is 3.56. The van der Waals surface area contributed by atoms with E-state index < -0.39 is 11.4 Å². The zero-order valence-corrected chi connectivity index (χ0v) is 11.8. The first-order valence-electron chi connectivity index (χ1n) is 5.81. The smallest absolute Gasteiger partial charge is 0.126 e. The van der Waals surface area contributed by atoms with E-state index in [1.54, 1.807) is 31.2 Å². The molecule has 100 valence electrons. The molecule has 0 spiro atoms. The molecule has 0 bridgehead atoms. The first-order chi connectivity index (χ1) is 8.90. The Hall–Kier alpha value is -1.09. The Morgan fingerprint density at radius 3 is 2.53 bits per heavy atom. The normalized spacial score (nSPS) is 14.2. The minimum Gasteiger partial charge on any atom is -0.385 e. The molecule has 2 aromatic carbocycles. The van der Waals surface area contributed by atoms with Crippen molar-refractivity contribution < 1.29 is 9.50 Å². The second-order valence-electron chi connectivity index (χ2n) is 4.67. The summed E-state index contributed by atoms with van der Waals surface area (Å²) in [5.41, 5.74) is -0.336. The minimum atomic E-state index is -1.26. The van der Waals surface area contributed by atoms with E-state index in [2.05, 4.69) is 0 Å². The second kappa shape index (κ2) is 5.49. The first-order valence-corrected chi connectivity index (χ1v) is 6.57. The number of hydrogen-bond acceptors (Lipinski definition) is 1. The number of halogens is 3. The van der Waals surface area contributed by atoms with Crippen LogP contribution in [0.1, 0.15) is 18.1 Å². The topological polar surface area (TPSA) is 20.2 Å². The van der Waals surface area contributed by atoms with E-state index in [9.17, 15) is 9.50 Å². The van der Waals surface area contributed by atoms with Crippen molar-refractivity contribution >= 4 is 23.2 Å². The van der Waals surface area contributed by atoms with Gasteiger partial charge in [0.15, 0.2) is 0 Å². The zero-order chi connectivity index (χ0) is 14.0. The molecule has 0 amide bonds. The van der Waals surface area contributed by atoms with Crippen LogP contribution in [0.5, 0.6) is 0 Å². The summed E-state index contributed by atoms with van der Waals surface area (Å²) in [6, 6.07) is 11.3. The lowest BCUT2D eigenvalue weighted by atomic mass is 9.89. The number of hydrogen-bond donors (Lipinski definition) is 1. The maximum Gasteiger partial charge on any atom is 0.126 e. The average Bonchev–Trinajstić information content (AvgIpc) is 2.34. The van der Waals surface area contributed by atoms with Crippen LogP contribution in [0.3, 0.4) is 0 Å². The Kier molecular flexibility index (Phi) is 4.14. The molecule has 1 nitrogen and oxygen atoms in total. The quantitative estimate of drug-likeness (QED) is 0.879. The summed E-state index contributed by atoms with van der Waals surface area (Å²) in [6.07, 6.45) is 0.100. The summed E-state index contributed by atoms with van der Waals surface area (Å²) in [7, 11) is 0. The predicted molar refractivity (Wildman–Crippen MR) is 76.1 cm³/mol. The van der Waals surface area contributed by atoms with E-state index in [0.717, 1.165) is 0 Å². The Balaban J connectivity index is 2.36.